The van der Waals surface area contributed by atoms with Crippen LogP contribution in [-0.4, -0.2) is 46.8 Å². The van der Waals surface area contributed by atoms with Gasteiger partial charge in [0.05, 0.1) is 17.7 Å². The number of carbonyl (C=O) groups is 1. The highest BCUT2D eigenvalue weighted by Crippen LogP contribution is 2.43. The molecule has 0 unspecified atom stereocenters. The maximum Gasteiger partial charge on any atom is 0.502 e. The first-order valence-corrected chi connectivity index (χ1v) is 9.06. The normalized spacial score (nSPS) is 13.0. The Morgan fingerprint density at radius 2 is 1.70 bits per heavy atom. The van der Waals surface area contributed by atoms with Gasteiger partial charge >= 0.3 is 11.5 Å². The number of esters is 1. The highest BCUT2D eigenvalue weighted by molar-refractivity contribution is 7.94. The van der Waals surface area contributed by atoms with Crippen LogP contribution in [0.4, 0.5) is 13.2 Å². The van der Waals surface area contributed by atoms with Crippen LogP contribution in [0.2, 0.25) is 5.02 Å². The Bertz CT molecular complexity index is 873. The summed E-state index contributed by atoms with van der Waals surface area (Å²) < 4.78 is 88.9. The van der Waals surface area contributed by atoms with Crippen molar-refractivity contribution in [2.45, 2.75) is 15.3 Å². The molecule has 13 heteroatoms. The van der Waals surface area contributed by atoms with E-state index in [0.717, 1.165) is 7.11 Å². The summed E-state index contributed by atoms with van der Waals surface area (Å²) in [5.74, 6) is -2.76. The van der Waals surface area contributed by atoms with Crippen molar-refractivity contribution in [1.82, 2.24) is 0 Å². The second-order valence-corrected chi connectivity index (χ2v) is 8.34. The summed E-state index contributed by atoms with van der Waals surface area (Å²) in [5, 5.41) is 8.30. The van der Waals surface area contributed by atoms with E-state index in [1.54, 1.807) is 0 Å². The predicted octanol–water partition coefficient (Wildman–Crippen LogP) is 1.53. The Labute approximate surface area is 133 Å². The number of hydrogen-bond acceptors (Lipinski definition) is 7. The van der Waals surface area contributed by atoms with Crippen molar-refractivity contribution >= 4 is 37.2 Å². The molecule has 1 aromatic carbocycles. The molecule has 1 rings (SSSR count). The van der Waals surface area contributed by atoms with Gasteiger partial charge in [-0.1, -0.05) is 11.6 Å². The van der Waals surface area contributed by atoms with Crippen LogP contribution < -0.4 is 0 Å². The molecule has 23 heavy (non-hydrogen) atoms. The Kier molecular flexibility index (Phi) is 4.95. The van der Waals surface area contributed by atoms with Gasteiger partial charge < -0.3 is 9.84 Å². The molecule has 0 atom stereocenters. The summed E-state index contributed by atoms with van der Waals surface area (Å²) in [6, 6.07) is 0.403. The fourth-order valence-corrected chi connectivity index (χ4v) is 4.75. The summed E-state index contributed by atoms with van der Waals surface area (Å²) in [4.78, 5) is 7.93. The van der Waals surface area contributed by atoms with Crippen LogP contribution >= 0.6 is 11.6 Å². The number of sulfone groups is 2. The second kappa shape index (κ2) is 5.83. The van der Waals surface area contributed by atoms with Gasteiger partial charge in [-0.15, -0.1) is 0 Å². The van der Waals surface area contributed by atoms with E-state index in [1.165, 1.54) is 0 Å². The monoisotopic (exact) mass is 396 g/mol. The first-order valence-electron chi connectivity index (χ1n) is 5.31. The number of methoxy groups -OCH3 is 1. The number of alkyl halides is 3. The van der Waals surface area contributed by atoms with E-state index in [-0.39, 0.29) is 0 Å². The molecular weight excluding hydrogens is 389 g/mol. The standard InChI is InChI=1S/C10H8ClF3O7S2/c1-21-9(16)4-3-5(15)7(22(2,17)18)8(6(4)11)23(19,20)10(12,13)14/h3,15H,1-2H3. The van der Waals surface area contributed by atoms with Gasteiger partial charge in [-0.3, -0.25) is 0 Å². The lowest BCUT2D eigenvalue weighted by atomic mass is 10.2. The van der Waals surface area contributed by atoms with E-state index in [2.05, 4.69) is 4.74 Å². The lowest BCUT2D eigenvalue weighted by molar-refractivity contribution is -0.0437. The minimum absolute atomic E-state index is 0.367. The number of benzene rings is 1. The zero-order valence-electron chi connectivity index (χ0n) is 11.3. The summed E-state index contributed by atoms with van der Waals surface area (Å²) >= 11 is 5.50. The van der Waals surface area contributed by atoms with Gasteiger partial charge in [0.25, 0.3) is 9.84 Å². The first-order chi connectivity index (χ1) is 10.2. The molecule has 0 spiro atoms. The third-order valence-electron chi connectivity index (χ3n) is 2.51. The largest absolute Gasteiger partial charge is 0.507 e. The third-order valence-corrected chi connectivity index (χ3v) is 5.85. The molecule has 0 heterocycles. The summed E-state index contributed by atoms with van der Waals surface area (Å²) in [5.41, 5.74) is -6.86. The van der Waals surface area contributed by atoms with E-state index in [9.17, 15) is 39.9 Å². The fourth-order valence-electron chi connectivity index (χ4n) is 1.58. The van der Waals surface area contributed by atoms with Gasteiger partial charge in [-0.25, -0.2) is 21.6 Å². The van der Waals surface area contributed by atoms with Gasteiger partial charge in [-0.2, -0.15) is 13.2 Å². The number of carbonyl (C=O) groups excluding carboxylic acids is 1. The molecular formula is C10H8ClF3O7S2. The lowest BCUT2D eigenvalue weighted by Crippen LogP contribution is -2.26. The number of phenolic OH excluding ortho intramolecular Hbond substituents is 1. The Morgan fingerprint density at radius 3 is 2.04 bits per heavy atom. The molecule has 0 radical (unpaired) electrons. The van der Waals surface area contributed by atoms with Crippen LogP contribution in [0.5, 0.6) is 5.75 Å². The number of aromatic hydroxyl groups is 1. The number of ether oxygens (including phenoxy) is 1. The van der Waals surface area contributed by atoms with E-state index >= 15 is 0 Å². The molecule has 0 aliphatic rings. The van der Waals surface area contributed by atoms with Crippen LogP contribution in [0, 0.1) is 0 Å². The molecule has 0 fully saturated rings. The van der Waals surface area contributed by atoms with Gasteiger partial charge in [0.1, 0.15) is 15.5 Å². The van der Waals surface area contributed by atoms with Crippen LogP contribution in [0.15, 0.2) is 15.9 Å². The van der Waals surface area contributed by atoms with Crippen molar-refractivity contribution in [1.29, 1.82) is 0 Å². The molecule has 0 bridgehead atoms. The molecule has 1 N–H and O–H groups in total. The van der Waals surface area contributed by atoms with Crippen LogP contribution in [0.25, 0.3) is 0 Å². The molecule has 1 aromatic rings. The summed E-state index contributed by atoms with van der Waals surface area (Å²) in [7, 11) is -10.1. The van der Waals surface area contributed by atoms with E-state index in [4.69, 9.17) is 11.6 Å². The molecule has 130 valence electrons. The highest BCUT2D eigenvalue weighted by atomic mass is 35.5. The zero-order valence-corrected chi connectivity index (χ0v) is 13.7. The van der Waals surface area contributed by atoms with Crippen molar-refractivity contribution in [2.75, 3.05) is 13.4 Å². The van der Waals surface area contributed by atoms with E-state index in [1.807, 2.05) is 0 Å². The Balaban J connectivity index is 4.15. The maximum atomic E-state index is 12.8. The second-order valence-electron chi connectivity index (χ2n) is 4.13. The lowest BCUT2D eigenvalue weighted by Gasteiger charge is -2.16. The van der Waals surface area contributed by atoms with Crippen molar-refractivity contribution in [3.05, 3.63) is 16.7 Å². The van der Waals surface area contributed by atoms with Gasteiger partial charge in [-0.05, 0) is 6.07 Å². The summed E-state index contributed by atoms with van der Waals surface area (Å²) in [6.45, 7) is 0. The van der Waals surface area contributed by atoms with E-state index < -0.39 is 57.3 Å². The SMILES string of the molecule is COC(=O)c1cc(O)c(S(C)(=O)=O)c(S(=O)(=O)C(F)(F)F)c1Cl. The van der Waals surface area contributed by atoms with Gasteiger partial charge in [0, 0.05) is 6.26 Å². The average molecular weight is 397 g/mol. The zero-order chi connectivity index (χ0) is 18.4. The van der Waals surface area contributed by atoms with Crippen molar-refractivity contribution < 1.29 is 44.6 Å². The summed E-state index contributed by atoms with van der Waals surface area (Å²) in [6.07, 6.45) is 0.367. The van der Waals surface area contributed by atoms with Gasteiger partial charge in [0.2, 0.25) is 0 Å². The topological polar surface area (TPSA) is 115 Å². The quantitative estimate of drug-likeness (QED) is 0.770. The number of phenols is 1. The molecule has 7 nitrogen and oxygen atoms in total. The number of rotatable bonds is 3. The molecule has 0 saturated carbocycles. The van der Waals surface area contributed by atoms with Crippen molar-refractivity contribution in [3.8, 4) is 5.75 Å². The minimum Gasteiger partial charge on any atom is -0.507 e. The van der Waals surface area contributed by atoms with Crippen molar-refractivity contribution in [2.24, 2.45) is 0 Å². The molecule has 0 aliphatic carbocycles. The molecule has 0 saturated heterocycles. The van der Waals surface area contributed by atoms with Crippen molar-refractivity contribution in [3.63, 3.8) is 0 Å². The van der Waals surface area contributed by atoms with E-state index in [0.29, 0.717) is 12.3 Å². The third kappa shape index (κ3) is 3.38. The van der Waals surface area contributed by atoms with Crippen LogP contribution in [0.3, 0.4) is 0 Å². The average Bonchev–Trinajstić information content (AvgIpc) is 2.36. The smallest absolute Gasteiger partial charge is 0.502 e. The Hall–Kier alpha value is -1.53. The fraction of sp³-hybridized carbons (Fsp3) is 0.300. The molecule has 0 aliphatic heterocycles. The van der Waals surface area contributed by atoms with Crippen LogP contribution in [-0.2, 0) is 24.4 Å². The molecule has 0 aromatic heterocycles. The first kappa shape index (κ1) is 19.5. The number of hydrogen-bond donors (Lipinski definition) is 1. The maximum absolute atomic E-state index is 12.8. The Morgan fingerprint density at radius 1 is 1.22 bits per heavy atom. The minimum atomic E-state index is -6.29. The van der Waals surface area contributed by atoms with Crippen LogP contribution in [0.1, 0.15) is 10.4 Å². The number of halogens is 4. The highest BCUT2D eigenvalue weighted by Gasteiger charge is 2.51. The molecule has 0 amide bonds. The van der Waals surface area contributed by atoms with Gasteiger partial charge in [0.15, 0.2) is 9.84 Å². The predicted molar refractivity (Wildman–Crippen MR) is 70.8 cm³/mol.